The molecule has 1 atom stereocenters. The van der Waals surface area contributed by atoms with E-state index >= 15 is 0 Å². The molecule has 0 radical (unpaired) electrons. The molecule has 0 spiro atoms. The van der Waals surface area contributed by atoms with Gasteiger partial charge in [0, 0.05) is 11.6 Å². The van der Waals surface area contributed by atoms with Crippen molar-refractivity contribution in [3.63, 3.8) is 0 Å². The predicted molar refractivity (Wildman–Crippen MR) is 67.8 cm³/mol. The van der Waals surface area contributed by atoms with Crippen molar-refractivity contribution in [3.8, 4) is 5.75 Å². The highest BCUT2D eigenvalue weighted by atomic mass is 16.5. The van der Waals surface area contributed by atoms with Gasteiger partial charge in [-0.1, -0.05) is 25.1 Å². The number of carbonyl (C=O) groups excluding carboxylic acids is 1. The van der Waals surface area contributed by atoms with Crippen molar-refractivity contribution in [1.29, 1.82) is 0 Å². The van der Waals surface area contributed by atoms with Gasteiger partial charge in [-0.05, 0) is 26.0 Å². The number of carbonyl (C=O) groups is 1. The first-order valence-electron chi connectivity index (χ1n) is 5.88. The van der Waals surface area contributed by atoms with Crippen molar-refractivity contribution >= 4 is 5.91 Å². The molecular formula is C13H20N2O2. The van der Waals surface area contributed by atoms with Crippen molar-refractivity contribution in [2.45, 2.75) is 26.3 Å². The van der Waals surface area contributed by atoms with E-state index in [-0.39, 0.29) is 12.6 Å². The van der Waals surface area contributed by atoms with Crippen LogP contribution < -0.4 is 15.8 Å². The minimum Gasteiger partial charge on any atom is -0.483 e. The van der Waals surface area contributed by atoms with Gasteiger partial charge < -0.3 is 15.8 Å². The number of rotatable bonds is 7. The van der Waals surface area contributed by atoms with Gasteiger partial charge in [0.15, 0.2) is 6.61 Å². The third-order valence-corrected chi connectivity index (χ3v) is 2.46. The lowest BCUT2D eigenvalue weighted by molar-refractivity contribution is -0.119. The van der Waals surface area contributed by atoms with E-state index in [2.05, 4.69) is 19.2 Å². The van der Waals surface area contributed by atoms with Gasteiger partial charge in [0.05, 0.1) is 0 Å². The molecule has 3 N–H and O–H groups in total. The van der Waals surface area contributed by atoms with Crippen molar-refractivity contribution in [2.75, 3.05) is 13.2 Å². The first-order chi connectivity index (χ1) is 8.15. The summed E-state index contributed by atoms with van der Waals surface area (Å²) in [4.78, 5) is 10.7. The first-order valence-corrected chi connectivity index (χ1v) is 5.88. The van der Waals surface area contributed by atoms with E-state index in [1.54, 1.807) is 0 Å². The molecule has 1 aromatic carbocycles. The Balaban J connectivity index is 2.72. The zero-order valence-corrected chi connectivity index (χ0v) is 10.4. The van der Waals surface area contributed by atoms with Gasteiger partial charge in [-0.2, -0.15) is 0 Å². The van der Waals surface area contributed by atoms with E-state index in [4.69, 9.17) is 10.5 Å². The zero-order chi connectivity index (χ0) is 12.7. The highest BCUT2D eigenvalue weighted by Crippen LogP contribution is 2.24. The van der Waals surface area contributed by atoms with Gasteiger partial charge in [0.1, 0.15) is 5.75 Å². The van der Waals surface area contributed by atoms with Gasteiger partial charge >= 0.3 is 0 Å². The molecule has 0 aliphatic heterocycles. The molecule has 4 heteroatoms. The van der Waals surface area contributed by atoms with E-state index in [1.165, 1.54) is 0 Å². The summed E-state index contributed by atoms with van der Waals surface area (Å²) >= 11 is 0. The van der Waals surface area contributed by atoms with E-state index in [1.807, 2.05) is 24.3 Å². The van der Waals surface area contributed by atoms with Crippen LogP contribution >= 0.6 is 0 Å². The molecule has 1 aromatic rings. The quantitative estimate of drug-likeness (QED) is 0.756. The Labute approximate surface area is 102 Å². The van der Waals surface area contributed by atoms with Gasteiger partial charge in [0.25, 0.3) is 5.91 Å². The lowest BCUT2D eigenvalue weighted by Crippen LogP contribution is -2.23. The molecule has 17 heavy (non-hydrogen) atoms. The lowest BCUT2D eigenvalue weighted by atomic mass is 10.1. The van der Waals surface area contributed by atoms with E-state index in [0.717, 1.165) is 18.5 Å². The van der Waals surface area contributed by atoms with E-state index < -0.39 is 5.91 Å². The Kier molecular flexibility index (Phi) is 5.49. The maximum Gasteiger partial charge on any atom is 0.255 e. The second-order valence-electron chi connectivity index (χ2n) is 3.97. The third kappa shape index (κ3) is 4.44. The number of amides is 1. The topological polar surface area (TPSA) is 64.3 Å². The fourth-order valence-corrected chi connectivity index (χ4v) is 1.59. The van der Waals surface area contributed by atoms with Crippen LogP contribution in [0.2, 0.25) is 0 Å². The Morgan fingerprint density at radius 2 is 2.18 bits per heavy atom. The molecule has 0 aliphatic rings. The van der Waals surface area contributed by atoms with Crippen LogP contribution in [-0.4, -0.2) is 19.1 Å². The molecule has 1 unspecified atom stereocenters. The fraction of sp³-hybridized carbons (Fsp3) is 0.462. The van der Waals surface area contributed by atoms with E-state index in [0.29, 0.717) is 5.75 Å². The van der Waals surface area contributed by atoms with Crippen LogP contribution in [0.4, 0.5) is 0 Å². The molecule has 1 amide bonds. The minimum atomic E-state index is -0.464. The molecule has 94 valence electrons. The Morgan fingerprint density at radius 3 is 2.82 bits per heavy atom. The number of nitrogens with two attached hydrogens (primary N) is 1. The summed E-state index contributed by atoms with van der Waals surface area (Å²) in [6.07, 6.45) is 1.08. The largest absolute Gasteiger partial charge is 0.483 e. The smallest absolute Gasteiger partial charge is 0.255 e. The molecule has 0 saturated carbocycles. The molecular weight excluding hydrogens is 216 g/mol. The minimum absolute atomic E-state index is 0.0858. The monoisotopic (exact) mass is 236 g/mol. The standard InChI is InChI=1S/C13H20N2O2/c1-3-8-15-10(2)11-6-4-5-7-12(11)17-9-13(14)16/h4-7,10,15H,3,8-9H2,1-2H3,(H2,14,16). The average Bonchev–Trinajstić information content (AvgIpc) is 2.33. The summed E-state index contributed by atoms with van der Waals surface area (Å²) in [5, 5.41) is 3.38. The predicted octanol–water partition coefficient (Wildman–Crippen LogP) is 1.61. The van der Waals surface area contributed by atoms with E-state index in [9.17, 15) is 4.79 Å². The van der Waals surface area contributed by atoms with Gasteiger partial charge in [-0.25, -0.2) is 0 Å². The molecule has 0 aromatic heterocycles. The first kappa shape index (κ1) is 13.5. The number of hydrogen-bond acceptors (Lipinski definition) is 3. The maximum absolute atomic E-state index is 10.7. The highest BCUT2D eigenvalue weighted by molar-refractivity contribution is 5.75. The Morgan fingerprint density at radius 1 is 1.47 bits per heavy atom. The summed E-state index contributed by atoms with van der Waals surface area (Å²) in [7, 11) is 0. The number of primary amides is 1. The van der Waals surface area contributed by atoms with Crippen LogP contribution in [0.3, 0.4) is 0 Å². The molecule has 1 rings (SSSR count). The summed E-state index contributed by atoms with van der Waals surface area (Å²) in [5.41, 5.74) is 6.11. The lowest BCUT2D eigenvalue weighted by Gasteiger charge is -2.17. The summed E-state index contributed by atoms with van der Waals surface area (Å²) in [5.74, 6) is 0.247. The van der Waals surface area contributed by atoms with Crippen LogP contribution in [0.25, 0.3) is 0 Å². The van der Waals surface area contributed by atoms with Crippen LogP contribution in [0.5, 0.6) is 5.75 Å². The maximum atomic E-state index is 10.7. The number of ether oxygens (including phenoxy) is 1. The van der Waals surface area contributed by atoms with Crippen LogP contribution in [0, 0.1) is 0 Å². The van der Waals surface area contributed by atoms with Crippen LogP contribution in [0.15, 0.2) is 24.3 Å². The van der Waals surface area contributed by atoms with Crippen molar-refractivity contribution in [1.82, 2.24) is 5.32 Å². The molecule has 0 saturated heterocycles. The van der Waals surface area contributed by atoms with Crippen molar-refractivity contribution in [3.05, 3.63) is 29.8 Å². The second-order valence-corrected chi connectivity index (χ2v) is 3.97. The van der Waals surface area contributed by atoms with Crippen LogP contribution in [-0.2, 0) is 4.79 Å². The Bertz CT molecular complexity index is 366. The molecule has 0 bridgehead atoms. The average molecular weight is 236 g/mol. The number of nitrogens with one attached hydrogen (secondary N) is 1. The van der Waals surface area contributed by atoms with Gasteiger partial charge in [-0.15, -0.1) is 0 Å². The highest BCUT2D eigenvalue weighted by Gasteiger charge is 2.10. The van der Waals surface area contributed by atoms with Gasteiger partial charge in [0.2, 0.25) is 0 Å². The second kappa shape index (κ2) is 6.91. The molecule has 0 heterocycles. The van der Waals surface area contributed by atoms with Gasteiger partial charge in [-0.3, -0.25) is 4.79 Å². The van der Waals surface area contributed by atoms with Crippen LogP contribution in [0.1, 0.15) is 31.9 Å². The fourth-order valence-electron chi connectivity index (χ4n) is 1.59. The summed E-state index contributed by atoms with van der Waals surface area (Å²) in [6, 6.07) is 7.87. The van der Waals surface area contributed by atoms with Crippen molar-refractivity contribution in [2.24, 2.45) is 5.73 Å². The molecule has 4 nitrogen and oxygen atoms in total. The molecule has 0 aliphatic carbocycles. The number of hydrogen-bond donors (Lipinski definition) is 2. The molecule has 0 fully saturated rings. The summed E-state index contributed by atoms with van der Waals surface area (Å²) in [6.45, 7) is 5.06. The Hall–Kier alpha value is -1.55. The third-order valence-electron chi connectivity index (χ3n) is 2.46. The number of para-hydroxylation sites is 1. The zero-order valence-electron chi connectivity index (χ0n) is 10.4. The normalized spacial score (nSPS) is 12.1. The SMILES string of the molecule is CCCNC(C)c1ccccc1OCC(N)=O. The summed E-state index contributed by atoms with van der Waals surface area (Å²) < 4.78 is 5.39. The van der Waals surface area contributed by atoms with Crippen molar-refractivity contribution < 1.29 is 9.53 Å². The number of benzene rings is 1.